The van der Waals surface area contributed by atoms with E-state index in [1.54, 1.807) is 12.1 Å². The van der Waals surface area contributed by atoms with Gasteiger partial charge < -0.3 is 15.4 Å². The van der Waals surface area contributed by atoms with Gasteiger partial charge in [0.1, 0.15) is 5.75 Å². The number of nitrogens with zero attached hydrogens (tertiary/aromatic N) is 1. The summed E-state index contributed by atoms with van der Waals surface area (Å²) in [5, 5.41) is 5.19. The molecule has 0 radical (unpaired) electrons. The van der Waals surface area contributed by atoms with Crippen LogP contribution in [0.25, 0.3) is 0 Å². The van der Waals surface area contributed by atoms with Crippen molar-refractivity contribution in [2.75, 3.05) is 25.0 Å². The maximum absolute atomic E-state index is 12.2. The topological polar surface area (TPSA) is 70.7 Å². The molecule has 1 aliphatic rings. The van der Waals surface area contributed by atoms with E-state index < -0.39 is 18.5 Å². The third-order valence-electron chi connectivity index (χ3n) is 2.69. The second-order valence-electron chi connectivity index (χ2n) is 4.01. The van der Waals surface area contributed by atoms with Crippen molar-refractivity contribution in [3.05, 3.63) is 24.3 Å². The lowest BCUT2D eigenvalue weighted by atomic mass is 10.3. The minimum Gasteiger partial charge on any atom is -0.433 e. The van der Waals surface area contributed by atoms with Gasteiger partial charge in [-0.15, -0.1) is 0 Å². The van der Waals surface area contributed by atoms with Crippen LogP contribution in [0.1, 0.15) is 0 Å². The van der Waals surface area contributed by atoms with Crippen LogP contribution in [0.3, 0.4) is 0 Å². The molecule has 0 unspecified atom stereocenters. The molecule has 1 aromatic rings. The van der Waals surface area contributed by atoms with Crippen LogP contribution >= 0.6 is 0 Å². The van der Waals surface area contributed by atoms with E-state index in [-0.39, 0.29) is 18.0 Å². The molecule has 1 heterocycles. The van der Waals surface area contributed by atoms with Gasteiger partial charge in [0.15, 0.2) is 0 Å². The van der Waals surface area contributed by atoms with E-state index in [1.807, 2.05) is 0 Å². The van der Waals surface area contributed by atoms with Crippen molar-refractivity contribution in [3.8, 4) is 5.75 Å². The zero-order valence-corrected chi connectivity index (χ0v) is 10.4. The molecule has 20 heavy (non-hydrogen) atoms. The van der Waals surface area contributed by atoms with E-state index in [4.69, 9.17) is 0 Å². The van der Waals surface area contributed by atoms with Gasteiger partial charge in [0.2, 0.25) is 5.91 Å². The highest BCUT2D eigenvalue weighted by molar-refractivity contribution is 5.97. The molecule has 1 saturated heterocycles. The molecule has 8 heteroatoms. The van der Waals surface area contributed by atoms with Gasteiger partial charge in [0, 0.05) is 13.1 Å². The molecule has 3 amide bonds. The summed E-state index contributed by atoms with van der Waals surface area (Å²) in [7, 11) is 0. The average Bonchev–Trinajstić information content (AvgIpc) is 2.83. The number of carbonyl (C=O) groups excluding carboxylic acids is 2. The lowest BCUT2D eigenvalue weighted by molar-refractivity contribution is -0.125. The summed E-state index contributed by atoms with van der Waals surface area (Å²) in [5.74, 6) is -0.493. The standard InChI is InChI=1S/C12H13F2N3O3/c13-11(14)20-9-4-2-1-3-8(9)16-7-10(18)17-6-5-15-12(17)19/h1-4,11,16H,5-7H2,(H,15,19). The molecule has 2 N–H and O–H groups in total. The number of alkyl halides is 2. The van der Waals surface area contributed by atoms with Gasteiger partial charge in [0.25, 0.3) is 0 Å². The van der Waals surface area contributed by atoms with Crippen molar-refractivity contribution in [1.82, 2.24) is 10.2 Å². The first-order chi connectivity index (χ1) is 9.58. The molecule has 108 valence electrons. The van der Waals surface area contributed by atoms with Crippen LogP contribution in [0.2, 0.25) is 0 Å². The highest BCUT2D eigenvalue weighted by atomic mass is 19.3. The molecule has 1 aliphatic heterocycles. The zero-order chi connectivity index (χ0) is 14.5. The smallest absolute Gasteiger partial charge is 0.387 e. The summed E-state index contributed by atoms with van der Waals surface area (Å²) in [6.45, 7) is -2.42. The number of nitrogens with one attached hydrogen (secondary N) is 2. The molecule has 6 nitrogen and oxygen atoms in total. The van der Waals surface area contributed by atoms with Crippen molar-refractivity contribution in [2.24, 2.45) is 0 Å². The number of para-hydroxylation sites is 2. The molecule has 0 aliphatic carbocycles. The first-order valence-corrected chi connectivity index (χ1v) is 5.94. The maximum Gasteiger partial charge on any atom is 0.387 e. The summed E-state index contributed by atoms with van der Waals surface area (Å²) in [4.78, 5) is 24.1. The van der Waals surface area contributed by atoms with Crippen LogP contribution in [-0.4, -0.2) is 43.1 Å². The van der Waals surface area contributed by atoms with Gasteiger partial charge in [-0.25, -0.2) is 4.79 Å². The summed E-state index contributed by atoms with van der Waals surface area (Å²) < 4.78 is 28.8. The lowest BCUT2D eigenvalue weighted by Crippen LogP contribution is -2.38. The third kappa shape index (κ3) is 3.34. The van der Waals surface area contributed by atoms with Crippen LogP contribution in [0, 0.1) is 0 Å². The second-order valence-corrected chi connectivity index (χ2v) is 4.01. The van der Waals surface area contributed by atoms with Crippen molar-refractivity contribution >= 4 is 17.6 Å². The van der Waals surface area contributed by atoms with Crippen LogP contribution in [0.5, 0.6) is 5.75 Å². The number of anilines is 1. The van der Waals surface area contributed by atoms with E-state index in [0.29, 0.717) is 13.1 Å². The number of urea groups is 1. The number of hydrogen-bond donors (Lipinski definition) is 2. The normalized spacial score (nSPS) is 14.3. The molecule has 0 bridgehead atoms. The molecular formula is C12H13F2N3O3. The van der Waals surface area contributed by atoms with E-state index in [1.165, 1.54) is 12.1 Å². The van der Waals surface area contributed by atoms with Crippen LogP contribution in [0.4, 0.5) is 19.3 Å². The first kappa shape index (κ1) is 14.0. The number of carbonyl (C=O) groups is 2. The van der Waals surface area contributed by atoms with Gasteiger partial charge in [-0.3, -0.25) is 9.69 Å². The Kier molecular flexibility index (Phi) is 4.34. The van der Waals surface area contributed by atoms with Crippen LogP contribution in [-0.2, 0) is 4.79 Å². The fourth-order valence-corrected chi connectivity index (χ4v) is 1.79. The number of benzene rings is 1. The zero-order valence-electron chi connectivity index (χ0n) is 10.4. The molecule has 0 saturated carbocycles. The summed E-state index contributed by atoms with van der Waals surface area (Å²) in [6.07, 6.45) is 0. The quantitative estimate of drug-likeness (QED) is 0.854. The predicted octanol–water partition coefficient (Wildman–Crippen LogP) is 1.25. The summed E-state index contributed by atoms with van der Waals surface area (Å²) >= 11 is 0. The number of halogens is 2. The second kappa shape index (κ2) is 6.18. The molecule has 0 spiro atoms. The van der Waals surface area contributed by atoms with Crippen LogP contribution < -0.4 is 15.4 Å². The summed E-state index contributed by atoms with van der Waals surface area (Å²) in [5.41, 5.74) is 0.265. The van der Waals surface area contributed by atoms with E-state index in [9.17, 15) is 18.4 Å². The van der Waals surface area contributed by atoms with Crippen molar-refractivity contribution in [2.45, 2.75) is 6.61 Å². The number of ether oxygens (including phenoxy) is 1. The number of amides is 3. The minimum atomic E-state index is -2.95. The average molecular weight is 285 g/mol. The fourth-order valence-electron chi connectivity index (χ4n) is 1.79. The van der Waals surface area contributed by atoms with E-state index in [2.05, 4.69) is 15.4 Å². The molecular weight excluding hydrogens is 272 g/mol. The van der Waals surface area contributed by atoms with Gasteiger partial charge in [-0.1, -0.05) is 12.1 Å². The van der Waals surface area contributed by atoms with E-state index >= 15 is 0 Å². The monoisotopic (exact) mass is 285 g/mol. The molecule has 1 aromatic carbocycles. The third-order valence-corrected chi connectivity index (χ3v) is 2.69. The molecule has 1 fully saturated rings. The Labute approximate surface area is 113 Å². The van der Waals surface area contributed by atoms with Gasteiger partial charge in [-0.05, 0) is 12.1 Å². The van der Waals surface area contributed by atoms with Crippen molar-refractivity contribution < 1.29 is 23.1 Å². The van der Waals surface area contributed by atoms with Gasteiger partial charge in [-0.2, -0.15) is 8.78 Å². The maximum atomic E-state index is 12.2. The van der Waals surface area contributed by atoms with Gasteiger partial charge >= 0.3 is 12.6 Å². The van der Waals surface area contributed by atoms with Crippen LogP contribution in [0.15, 0.2) is 24.3 Å². The highest BCUT2D eigenvalue weighted by Crippen LogP contribution is 2.25. The molecule has 0 aromatic heterocycles. The minimum absolute atomic E-state index is 0.0545. The Bertz CT molecular complexity index is 510. The van der Waals surface area contributed by atoms with Gasteiger partial charge in [0.05, 0.1) is 12.2 Å². The van der Waals surface area contributed by atoms with Crippen molar-refractivity contribution in [3.63, 3.8) is 0 Å². The molecule has 0 atom stereocenters. The van der Waals surface area contributed by atoms with Crippen molar-refractivity contribution in [1.29, 1.82) is 0 Å². The SMILES string of the molecule is O=C(CNc1ccccc1OC(F)F)N1CCNC1=O. The Hall–Kier alpha value is -2.38. The largest absolute Gasteiger partial charge is 0.433 e. The molecule has 2 rings (SSSR count). The predicted molar refractivity (Wildman–Crippen MR) is 66.7 cm³/mol. The Morgan fingerprint density at radius 1 is 1.45 bits per heavy atom. The number of rotatable bonds is 5. The lowest BCUT2D eigenvalue weighted by Gasteiger charge is -2.15. The number of hydrogen-bond acceptors (Lipinski definition) is 4. The Morgan fingerprint density at radius 2 is 2.20 bits per heavy atom. The van der Waals surface area contributed by atoms with E-state index in [0.717, 1.165) is 4.90 Å². The Balaban J connectivity index is 1.96. The highest BCUT2D eigenvalue weighted by Gasteiger charge is 2.25. The number of imide groups is 1. The Morgan fingerprint density at radius 3 is 2.85 bits per heavy atom. The summed E-state index contributed by atoms with van der Waals surface area (Å²) in [6, 6.07) is 5.58. The fraction of sp³-hybridized carbons (Fsp3) is 0.333. The first-order valence-electron chi connectivity index (χ1n) is 5.94.